The van der Waals surface area contributed by atoms with Crippen molar-refractivity contribution in [3.63, 3.8) is 0 Å². The predicted octanol–water partition coefficient (Wildman–Crippen LogP) is 2.47. The van der Waals surface area contributed by atoms with Crippen LogP contribution in [0, 0.1) is 10.1 Å². The van der Waals surface area contributed by atoms with Crippen molar-refractivity contribution in [1.82, 2.24) is 16.2 Å². The molecule has 29 heavy (non-hydrogen) atoms. The second-order valence-electron chi connectivity index (χ2n) is 6.39. The summed E-state index contributed by atoms with van der Waals surface area (Å²) in [6.07, 6.45) is 0. The second kappa shape index (κ2) is 10.1. The number of hydrazine groups is 1. The number of thiocarbonyl (C=S) groups is 1. The van der Waals surface area contributed by atoms with E-state index < -0.39 is 16.7 Å². The third-order valence-electron chi connectivity index (χ3n) is 3.88. The van der Waals surface area contributed by atoms with E-state index in [0.29, 0.717) is 5.92 Å². The summed E-state index contributed by atoms with van der Waals surface area (Å²) in [6, 6.07) is 12.9. The highest BCUT2D eigenvalue weighted by molar-refractivity contribution is 7.80. The van der Waals surface area contributed by atoms with Crippen LogP contribution in [-0.2, 0) is 4.79 Å². The van der Waals surface area contributed by atoms with Crippen molar-refractivity contribution in [3.8, 4) is 0 Å². The summed E-state index contributed by atoms with van der Waals surface area (Å²) in [5.41, 5.74) is 6.73. The molecule has 0 atom stereocenters. The molecule has 2 rings (SSSR count). The number of amides is 2. The molecule has 9 nitrogen and oxygen atoms in total. The zero-order chi connectivity index (χ0) is 21.4. The Hall–Kier alpha value is -3.53. The van der Waals surface area contributed by atoms with Gasteiger partial charge in [-0.25, -0.2) is 0 Å². The molecular formula is C19H21N5O4S. The van der Waals surface area contributed by atoms with Gasteiger partial charge in [0.25, 0.3) is 17.5 Å². The van der Waals surface area contributed by atoms with Gasteiger partial charge >= 0.3 is 0 Å². The normalized spacial score (nSPS) is 10.2. The molecule has 0 saturated heterocycles. The summed E-state index contributed by atoms with van der Waals surface area (Å²) in [6.45, 7) is 3.87. The number of hydrogen-bond donors (Lipinski definition) is 4. The van der Waals surface area contributed by atoms with Gasteiger partial charge in [-0.3, -0.25) is 30.6 Å². The van der Waals surface area contributed by atoms with Crippen LogP contribution < -0.4 is 21.5 Å². The van der Waals surface area contributed by atoms with Gasteiger partial charge in [-0.1, -0.05) is 32.0 Å². The minimum absolute atomic E-state index is 0.0852. The van der Waals surface area contributed by atoms with Crippen LogP contribution in [0.5, 0.6) is 0 Å². The number of nitro groups is 1. The zero-order valence-electron chi connectivity index (χ0n) is 15.9. The van der Waals surface area contributed by atoms with Gasteiger partial charge in [-0.05, 0) is 41.9 Å². The summed E-state index contributed by atoms with van der Waals surface area (Å²) in [5, 5.41) is 16.2. The van der Waals surface area contributed by atoms with Crippen LogP contribution in [0.3, 0.4) is 0 Å². The smallest absolute Gasteiger partial charge is 0.270 e. The Morgan fingerprint density at radius 3 is 2.41 bits per heavy atom. The molecule has 0 radical (unpaired) electrons. The lowest BCUT2D eigenvalue weighted by molar-refractivity contribution is -0.384. The number of anilines is 1. The molecule has 2 aromatic carbocycles. The van der Waals surface area contributed by atoms with Crippen molar-refractivity contribution in [1.29, 1.82) is 0 Å². The fraction of sp³-hybridized carbons (Fsp3) is 0.211. The molecule has 0 saturated carbocycles. The Balaban J connectivity index is 1.76. The van der Waals surface area contributed by atoms with E-state index in [1.807, 2.05) is 24.3 Å². The molecule has 0 aliphatic rings. The topological polar surface area (TPSA) is 125 Å². The van der Waals surface area contributed by atoms with Crippen LogP contribution in [-0.4, -0.2) is 28.4 Å². The van der Waals surface area contributed by atoms with E-state index in [9.17, 15) is 19.7 Å². The van der Waals surface area contributed by atoms with E-state index in [1.165, 1.54) is 23.8 Å². The van der Waals surface area contributed by atoms with Crippen LogP contribution >= 0.6 is 12.2 Å². The quantitative estimate of drug-likeness (QED) is 0.324. The summed E-state index contributed by atoms with van der Waals surface area (Å²) in [4.78, 5) is 34.0. The average Bonchev–Trinajstić information content (AvgIpc) is 2.70. The number of hydrogen-bond acceptors (Lipinski definition) is 5. The Labute approximate surface area is 173 Å². The van der Waals surface area contributed by atoms with E-state index in [4.69, 9.17) is 12.2 Å². The van der Waals surface area contributed by atoms with Crippen LogP contribution in [0.15, 0.2) is 48.5 Å². The third kappa shape index (κ3) is 6.85. The van der Waals surface area contributed by atoms with E-state index in [2.05, 4.69) is 35.3 Å². The first kappa shape index (κ1) is 21.8. The lowest BCUT2D eigenvalue weighted by Crippen LogP contribution is -2.47. The number of carbonyl (C=O) groups excluding carboxylic acids is 2. The Bertz CT molecular complexity index is 915. The molecule has 0 bridgehead atoms. The zero-order valence-corrected chi connectivity index (χ0v) is 16.7. The fourth-order valence-electron chi connectivity index (χ4n) is 2.31. The molecule has 0 fully saturated rings. The average molecular weight is 415 g/mol. The van der Waals surface area contributed by atoms with Gasteiger partial charge in [0.05, 0.1) is 11.5 Å². The van der Waals surface area contributed by atoms with Gasteiger partial charge in [0.1, 0.15) is 0 Å². The molecule has 0 spiro atoms. The van der Waals surface area contributed by atoms with Crippen LogP contribution in [0.25, 0.3) is 0 Å². The molecular weight excluding hydrogens is 394 g/mol. The maximum absolute atomic E-state index is 12.0. The van der Waals surface area contributed by atoms with Crippen molar-refractivity contribution < 1.29 is 14.5 Å². The minimum atomic E-state index is -0.602. The van der Waals surface area contributed by atoms with Crippen LogP contribution in [0.2, 0.25) is 0 Å². The molecule has 2 amide bonds. The lowest BCUT2D eigenvalue weighted by atomic mass is 10.0. The standard InChI is InChI=1S/C19H21N5O4S/c1-12(2)13-6-8-15(9-7-13)21-19(29)23-22-17(25)11-20-18(26)14-4-3-5-16(10-14)24(27)28/h3-10,12H,11H2,1-2H3,(H,20,26)(H,22,25)(H2,21,23,29). The minimum Gasteiger partial charge on any atom is -0.343 e. The monoisotopic (exact) mass is 415 g/mol. The third-order valence-corrected chi connectivity index (χ3v) is 4.08. The van der Waals surface area contributed by atoms with Crippen molar-refractivity contribution in [2.24, 2.45) is 0 Å². The highest BCUT2D eigenvalue weighted by Gasteiger charge is 2.12. The number of nitrogens with zero attached hydrogens (tertiary/aromatic N) is 1. The fourth-order valence-corrected chi connectivity index (χ4v) is 2.48. The Morgan fingerprint density at radius 1 is 1.10 bits per heavy atom. The van der Waals surface area contributed by atoms with E-state index in [1.54, 1.807) is 0 Å². The van der Waals surface area contributed by atoms with Crippen molar-refractivity contribution in [2.75, 3.05) is 11.9 Å². The van der Waals surface area contributed by atoms with E-state index in [-0.39, 0.29) is 22.9 Å². The number of benzene rings is 2. The second-order valence-corrected chi connectivity index (χ2v) is 6.80. The van der Waals surface area contributed by atoms with Crippen LogP contribution in [0.4, 0.5) is 11.4 Å². The summed E-state index contributed by atoms with van der Waals surface area (Å²) < 4.78 is 0. The van der Waals surface area contributed by atoms with Crippen molar-refractivity contribution in [2.45, 2.75) is 19.8 Å². The summed E-state index contributed by atoms with van der Waals surface area (Å²) in [5.74, 6) is -0.719. The first-order valence-corrected chi connectivity index (χ1v) is 9.15. The molecule has 152 valence electrons. The van der Waals surface area contributed by atoms with Crippen molar-refractivity contribution >= 4 is 40.5 Å². The maximum atomic E-state index is 12.0. The summed E-state index contributed by atoms with van der Waals surface area (Å²) >= 11 is 5.10. The number of carbonyl (C=O) groups is 2. The molecule has 0 unspecified atom stereocenters. The SMILES string of the molecule is CC(C)c1ccc(NC(=S)NNC(=O)CNC(=O)c2cccc([N+](=O)[O-])c2)cc1. The Kier molecular flexibility index (Phi) is 7.61. The molecule has 0 aliphatic carbocycles. The number of rotatable bonds is 6. The lowest BCUT2D eigenvalue weighted by Gasteiger charge is -2.13. The summed E-state index contributed by atoms with van der Waals surface area (Å²) in [7, 11) is 0. The van der Waals surface area contributed by atoms with Gasteiger partial charge < -0.3 is 10.6 Å². The van der Waals surface area contributed by atoms with Gasteiger partial charge in [0.15, 0.2) is 5.11 Å². The first-order chi connectivity index (χ1) is 13.8. The van der Waals surface area contributed by atoms with E-state index >= 15 is 0 Å². The molecule has 2 aromatic rings. The molecule has 0 heterocycles. The van der Waals surface area contributed by atoms with Gasteiger partial charge in [0, 0.05) is 23.4 Å². The molecule has 4 N–H and O–H groups in total. The maximum Gasteiger partial charge on any atom is 0.270 e. The Morgan fingerprint density at radius 2 is 1.79 bits per heavy atom. The van der Waals surface area contributed by atoms with Gasteiger partial charge in [-0.15, -0.1) is 0 Å². The first-order valence-electron chi connectivity index (χ1n) is 8.74. The van der Waals surface area contributed by atoms with E-state index in [0.717, 1.165) is 11.8 Å². The van der Waals surface area contributed by atoms with Gasteiger partial charge in [0.2, 0.25) is 0 Å². The molecule has 0 aliphatic heterocycles. The molecule has 0 aromatic heterocycles. The number of non-ortho nitro benzene ring substituents is 1. The predicted molar refractivity (Wildman–Crippen MR) is 113 cm³/mol. The highest BCUT2D eigenvalue weighted by Crippen LogP contribution is 2.17. The van der Waals surface area contributed by atoms with Crippen LogP contribution in [0.1, 0.15) is 35.7 Å². The number of nitrogens with one attached hydrogen (secondary N) is 4. The molecule has 10 heteroatoms. The highest BCUT2D eigenvalue weighted by atomic mass is 32.1. The van der Waals surface area contributed by atoms with Gasteiger partial charge in [-0.2, -0.15) is 0 Å². The largest absolute Gasteiger partial charge is 0.343 e. The number of nitro benzene ring substituents is 1. The van der Waals surface area contributed by atoms with Crippen molar-refractivity contribution in [3.05, 3.63) is 69.8 Å².